The van der Waals surface area contributed by atoms with Crippen molar-refractivity contribution in [1.82, 2.24) is 10.3 Å². The molecule has 2 rings (SSSR count). The summed E-state index contributed by atoms with van der Waals surface area (Å²) in [5, 5.41) is 11.4. The Kier molecular flexibility index (Phi) is 5.91. The molecule has 1 heterocycles. The quantitative estimate of drug-likeness (QED) is 0.781. The van der Waals surface area contributed by atoms with E-state index in [9.17, 15) is 9.59 Å². The zero-order valence-electron chi connectivity index (χ0n) is 13.0. The number of carboxylic acid groups (broad SMARTS) is 1. The van der Waals surface area contributed by atoms with Gasteiger partial charge in [0.1, 0.15) is 0 Å². The largest absolute Gasteiger partial charge is 0.481 e. The van der Waals surface area contributed by atoms with Gasteiger partial charge in [-0.1, -0.05) is 30.3 Å². The first-order chi connectivity index (χ1) is 11.0. The number of nitrogens with zero attached hydrogens (tertiary/aromatic N) is 1. The summed E-state index contributed by atoms with van der Waals surface area (Å²) in [6.07, 6.45) is 2.77. The second-order valence-corrected chi connectivity index (χ2v) is 5.39. The molecule has 23 heavy (non-hydrogen) atoms. The zero-order valence-corrected chi connectivity index (χ0v) is 13.0. The standard InChI is InChI=1S/C17H20N2O4/c1-12(7-10-17(21)22)19-15(20)8-9-16-18-11-14(23-16)13-5-3-2-4-6-13/h2-6,11-12H,7-10H2,1H3,(H,19,20)(H,21,22). The van der Waals surface area contributed by atoms with Crippen molar-refractivity contribution in [3.05, 3.63) is 42.4 Å². The minimum absolute atomic E-state index is 0.0433. The van der Waals surface area contributed by atoms with Gasteiger partial charge in [0.2, 0.25) is 5.91 Å². The minimum Gasteiger partial charge on any atom is -0.481 e. The zero-order chi connectivity index (χ0) is 16.7. The summed E-state index contributed by atoms with van der Waals surface area (Å²) < 4.78 is 5.64. The number of carbonyl (C=O) groups is 2. The van der Waals surface area contributed by atoms with E-state index < -0.39 is 5.97 Å². The van der Waals surface area contributed by atoms with Gasteiger partial charge in [0.15, 0.2) is 11.7 Å². The van der Waals surface area contributed by atoms with Crippen molar-refractivity contribution in [1.29, 1.82) is 0 Å². The fourth-order valence-corrected chi connectivity index (χ4v) is 2.14. The van der Waals surface area contributed by atoms with Crippen molar-refractivity contribution in [2.75, 3.05) is 0 Å². The number of hydrogen-bond donors (Lipinski definition) is 2. The smallest absolute Gasteiger partial charge is 0.303 e. The van der Waals surface area contributed by atoms with E-state index in [2.05, 4.69) is 10.3 Å². The topological polar surface area (TPSA) is 92.4 Å². The summed E-state index contributed by atoms with van der Waals surface area (Å²) >= 11 is 0. The van der Waals surface area contributed by atoms with Crippen LogP contribution in [0.3, 0.4) is 0 Å². The second kappa shape index (κ2) is 8.12. The van der Waals surface area contributed by atoms with E-state index in [-0.39, 0.29) is 24.8 Å². The van der Waals surface area contributed by atoms with Crippen LogP contribution >= 0.6 is 0 Å². The maximum absolute atomic E-state index is 11.8. The lowest BCUT2D eigenvalue weighted by Gasteiger charge is -2.12. The molecule has 0 saturated carbocycles. The molecule has 6 heteroatoms. The number of oxazole rings is 1. The Bertz CT molecular complexity index is 652. The fourth-order valence-electron chi connectivity index (χ4n) is 2.14. The monoisotopic (exact) mass is 316 g/mol. The molecule has 0 saturated heterocycles. The van der Waals surface area contributed by atoms with Gasteiger partial charge < -0.3 is 14.8 Å². The number of benzene rings is 1. The SMILES string of the molecule is CC(CCC(=O)O)NC(=O)CCc1ncc(-c2ccccc2)o1. The van der Waals surface area contributed by atoms with Crippen LogP contribution < -0.4 is 5.32 Å². The van der Waals surface area contributed by atoms with Gasteiger partial charge in [-0.15, -0.1) is 0 Å². The van der Waals surface area contributed by atoms with Crippen LogP contribution in [-0.4, -0.2) is 28.0 Å². The maximum Gasteiger partial charge on any atom is 0.303 e. The highest BCUT2D eigenvalue weighted by atomic mass is 16.4. The summed E-state index contributed by atoms with van der Waals surface area (Å²) in [4.78, 5) is 26.5. The Balaban J connectivity index is 1.79. The van der Waals surface area contributed by atoms with E-state index in [1.54, 1.807) is 13.1 Å². The second-order valence-electron chi connectivity index (χ2n) is 5.39. The molecule has 122 valence electrons. The highest BCUT2D eigenvalue weighted by Crippen LogP contribution is 2.20. The molecule has 1 aromatic carbocycles. The molecule has 0 aliphatic carbocycles. The average Bonchev–Trinajstić information content (AvgIpc) is 3.01. The van der Waals surface area contributed by atoms with Gasteiger partial charge in [0.25, 0.3) is 0 Å². The van der Waals surface area contributed by atoms with Crippen molar-refractivity contribution in [2.45, 2.75) is 38.6 Å². The van der Waals surface area contributed by atoms with E-state index in [1.807, 2.05) is 30.3 Å². The lowest BCUT2D eigenvalue weighted by Crippen LogP contribution is -2.33. The normalized spacial score (nSPS) is 11.9. The average molecular weight is 316 g/mol. The van der Waals surface area contributed by atoms with Crippen LogP contribution in [0.15, 0.2) is 40.9 Å². The van der Waals surface area contributed by atoms with Crippen molar-refractivity contribution >= 4 is 11.9 Å². The summed E-state index contributed by atoms with van der Waals surface area (Å²) in [7, 11) is 0. The third kappa shape index (κ3) is 5.58. The van der Waals surface area contributed by atoms with E-state index in [1.165, 1.54) is 0 Å². The molecule has 0 aliphatic rings. The van der Waals surface area contributed by atoms with Crippen LogP contribution in [0, 0.1) is 0 Å². The van der Waals surface area contributed by atoms with Gasteiger partial charge in [-0.2, -0.15) is 0 Å². The molecule has 0 bridgehead atoms. The molecule has 0 aliphatic heterocycles. The molecule has 1 amide bonds. The summed E-state index contributed by atoms with van der Waals surface area (Å²) in [5.41, 5.74) is 0.943. The van der Waals surface area contributed by atoms with E-state index in [4.69, 9.17) is 9.52 Å². The first-order valence-electron chi connectivity index (χ1n) is 7.56. The number of amides is 1. The number of aryl methyl sites for hydroxylation is 1. The number of rotatable bonds is 8. The third-order valence-corrected chi connectivity index (χ3v) is 3.38. The Morgan fingerprint density at radius 3 is 2.70 bits per heavy atom. The third-order valence-electron chi connectivity index (χ3n) is 3.38. The van der Waals surface area contributed by atoms with Crippen molar-refractivity contribution in [3.63, 3.8) is 0 Å². The van der Waals surface area contributed by atoms with Crippen molar-refractivity contribution in [2.24, 2.45) is 0 Å². The van der Waals surface area contributed by atoms with Crippen LogP contribution in [0.2, 0.25) is 0 Å². The van der Waals surface area contributed by atoms with Crippen LogP contribution in [0.4, 0.5) is 0 Å². The number of hydrogen-bond acceptors (Lipinski definition) is 4. The summed E-state index contributed by atoms with van der Waals surface area (Å²) in [6.45, 7) is 1.79. The maximum atomic E-state index is 11.8. The van der Waals surface area contributed by atoms with Gasteiger partial charge in [-0.05, 0) is 13.3 Å². The first kappa shape index (κ1) is 16.7. The van der Waals surface area contributed by atoms with Crippen LogP contribution in [0.1, 0.15) is 32.1 Å². The van der Waals surface area contributed by atoms with Crippen LogP contribution in [-0.2, 0) is 16.0 Å². The highest BCUT2D eigenvalue weighted by molar-refractivity contribution is 5.76. The van der Waals surface area contributed by atoms with Crippen molar-refractivity contribution in [3.8, 4) is 11.3 Å². The molecule has 0 radical (unpaired) electrons. The Hall–Kier alpha value is -2.63. The highest BCUT2D eigenvalue weighted by Gasteiger charge is 2.11. The summed E-state index contributed by atoms with van der Waals surface area (Å²) in [6, 6.07) is 9.47. The summed E-state index contributed by atoms with van der Waals surface area (Å²) in [5.74, 6) is 0.190. The lowest BCUT2D eigenvalue weighted by atomic mass is 10.1. The Morgan fingerprint density at radius 2 is 2.00 bits per heavy atom. The molecular weight excluding hydrogens is 296 g/mol. The van der Waals surface area contributed by atoms with Gasteiger partial charge in [-0.25, -0.2) is 4.98 Å². The Morgan fingerprint density at radius 1 is 1.26 bits per heavy atom. The molecule has 1 aromatic heterocycles. The number of aromatic nitrogens is 1. The molecule has 2 N–H and O–H groups in total. The fraction of sp³-hybridized carbons (Fsp3) is 0.353. The molecule has 2 aromatic rings. The predicted octanol–water partition coefficient (Wildman–Crippen LogP) is 2.64. The number of aliphatic carboxylic acids is 1. The van der Waals surface area contributed by atoms with E-state index in [0.717, 1.165) is 5.56 Å². The van der Waals surface area contributed by atoms with Gasteiger partial charge in [0, 0.05) is 30.9 Å². The van der Waals surface area contributed by atoms with Crippen molar-refractivity contribution < 1.29 is 19.1 Å². The first-order valence-corrected chi connectivity index (χ1v) is 7.56. The molecule has 0 fully saturated rings. The molecular formula is C17H20N2O4. The van der Waals surface area contributed by atoms with Gasteiger partial charge in [0.05, 0.1) is 6.20 Å². The number of carbonyl (C=O) groups excluding carboxylic acids is 1. The molecule has 6 nitrogen and oxygen atoms in total. The molecule has 1 unspecified atom stereocenters. The van der Waals surface area contributed by atoms with Crippen LogP contribution in [0.5, 0.6) is 0 Å². The predicted molar refractivity (Wildman–Crippen MR) is 84.7 cm³/mol. The molecule has 0 spiro atoms. The Labute approximate surface area is 134 Å². The van der Waals surface area contributed by atoms with E-state index >= 15 is 0 Å². The van der Waals surface area contributed by atoms with E-state index in [0.29, 0.717) is 24.5 Å². The van der Waals surface area contributed by atoms with Gasteiger partial charge in [-0.3, -0.25) is 9.59 Å². The van der Waals surface area contributed by atoms with Crippen LogP contribution in [0.25, 0.3) is 11.3 Å². The number of carboxylic acids is 1. The minimum atomic E-state index is -0.862. The van der Waals surface area contributed by atoms with Gasteiger partial charge >= 0.3 is 5.97 Å². The lowest BCUT2D eigenvalue weighted by molar-refractivity contribution is -0.137. The molecule has 1 atom stereocenters. The number of nitrogens with one attached hydrogen (secondary N) is 1.